The van der Waals surface area contributed by atoms with Crippen LogP contribution in [0.4, 0.5) is 5.82 Å². The molecule has 0 atom stereocenters. The van der Waals surface area contributed by atoms with E-state index in [4.69, 9.17) is 5.73 Å². The smallest absolute Gasteiger partial charge is 0.153 e. The Balaban J connectivity index is 1.66. The fraction of sp³-hybridized carbons (Fsp3) is 0.571. The van der Waals surface area contributed by atoms with Gasteiger partial charge in [0.15, 0.2) is 5.65 Å². The van der Waals surface area contributed by atoms with Crippen LogP contribution in [0, 0.1) is 5.92 Å². The SMILES string of the molecule is NCc1cn2nc(NCC3CCCCC3)ccc2n1. The summed E-state index contributed by atoms with van der Waals surface area (Å²) < 4.78 is 1.80. The van der Waals surface area contributed by atoms with E-state index < -0.39 is 0 Å². The van der Waals surface area contributed by atoms with Crippen LogP contribution in [0.3, 0.4) is 0 Å². The number of imidazole rings is 1. The first kappa shape index (κ1) is 12.4. The summed E-state index contributed by atoms with van der Waals surface area (Å²) in [5.74, 6) is 1.72. The van der Waals surface area contributed by atoms with Crippen LogP contribution in [0.5, 0.6) is 0 Å². The summed E-state index contributed by atoms with van der Waals surface area (Å²) in [5, 5.41) is 7.96. The molecule has 1 aliphatic carbocycles. The summed E-state index contributed by atoms with van der Waals surface area (Å²) in [4.78, 5) is 4.37. The fourth-order valence-corrected chi connectivity index (χ4v) is 2.76. The number of anilines is 1. The van der Waals surface area contributed by atoms with E-state index in [1.54, 1.807) is 4.52 Å². The van der Waals surface area contributed by atoms with Gasteiger partial charge in [0.2, 0.25) is 0 Å². The molecule has 1 fully saturated rings. The van der Waals surface area contributed by atoms with E-state index in [0.29, 0.717) is 6.54 Å². The number of nitrogens with zero attached hydrogens (tertiary/aromatic N) is 3. The molecule has 3 N–H and O–H groups in total. The van der Waals surface area contributed by atoms with Crippen LogP contribution >= 0.6 is 0 Å². The molecular formula is C14H21N5. The number of nitrogens with two attached hydrogens (primary N) is 1. The van der Waals surface area contributed by atoms with Crippen molar-refractivity contribution in [3.8, 4) is 0 Å². The van der Waals surface area contributed by atoms with Crippen LogP contribution in [0.1, 0.15) is 37.8 Å². The van der Waals surface area contributed by atoms with Crippen molar-refractivity contribution >= 4 is 11.5 Å². The number of hydrogen-bond acceptors (Lipinski definition) is 4. The van der Waals surface area contributed by atoms with Crippen LogP contribution in [-0.4, -0.2) is 21.1 Å². The highest BCUT2D eigenvalue weighted by Gasteiger charge is 2.13. The van der Waals surface area contributed by atoms with Crippen LogP contribution in [0.15, 0.2) is 18.3 Å². The molecule has 102 valence electrons. The molecule has 1 saturated carbocycles. The van der Waals surface area contributed by atoms with Crippen molar-refractivity contribution in [1.29, 1.82) is 0 Å². The van der Waals surface area contributed by atoms with E-state index in [1.165, 1.54) is 32.1 Å². The predicted octanol–water partition coefficient (Wildman–Crippen LogP) is 2.18. The molecule has 0 spiro atoms. The van der Waals surface area contributed by atoms with Gasteiger partial charge in [-0.1, -0.05) is 19.3 Å². The zero-order chi connectivity index (χ0) is 13.1. The second-order valence-electron chi connectivity index (χ2n) is 5.34. The Morgan fingerprint density at radius 3 is 2.89 bits per heavy atom. The zero-order valence-electron chi connectivity index (χ0n) is 11.2. The highest BCUT2D eigenvalue weighted by molar-refractivity contribution is 5.45. The molecule has 5 nitrogen and oxygen atoms in total. The van der Waals surface area contributed by atoms with E-state index in [2.05, 4.69) is 15.4 Å². The van der Waals surface area contributed by atoms with Gasteiger partial charge in [0.25, 0.3) is 0 Å². The maximum atomic E-state index is 5.59. The topological polar surface area (TPSA) is 68.2 Å². The third-order valence-corrected chi connectivity index (χ3v) is 3.88. The van der Waals surface area contributed by atoms with Gasteiger partial charge in [-0.05, 0) is 30.9 Å². The molecular weight excluding hydrogens is 238 g/mol. The Hall–Kier alpha value is -1.62. The van der Waals surface area contributed by atoms with Crippen molar-refractivity contribution < 1.29 is 0 Å². The summed E-state index contributed by atoms with van der Waals surface area (Å²) in [6.07, 6.45) is 8.73. The lowest BCUT2D eigenvalue weighted by Crippen LogP contribution is -2.18. The second-order valence-corrected chi connectivity index (χ2v) is 5.34. The molecule has 2 aromatic heterocycles. The molecule has 0 saturated heterocycles. The molecule has 0 radical (unpaired) electrons. The quantitative estimate of drug-likeness (QED) is 0.883. The minimum absolute atomic E-state index is 0.453. The van der Waals surface area contributed by atoms with Crippen molar-refractivity contribution in [3.63, 3.8) is 0 Å². The van der Waals surface area contributed by atoms with Gasteiger partial charge in [-0.3, -0.25) is 0 Å². The molecule has 2 heterocycles. The summed E-state index contributed by atoms with van der Waals surface area (Å²) in [6.45, 7) is 1.48. The first-order valence-electron chi connectivity index (χ1n) is 7.14. The summed E-state index contributed by atoms with van der Waals surface area (Å²) >= 11 is 0. The third kappa shape index (κ3) is 2.87. The van der Waals surface area contributed by atoms with Crippen molar-refractivity contribution in [2.24, 2.45) is 11.7 Å². The molecule has 2 aromatic rings. The normalized spacial score (nSPS) is 16.9. The Kier molecular flexibility index (Phi) is 3.64. The van der Waals surface area contributed by atoms with Crippen molar-refractivity contribution in [3.05, 3.63) is 24.0 Å². The number of aromatic nitrogens is 3. The molecule has 1 aliphatic rings. The monoisotopic (exact) mass is 259 g/mol. The van der Waals surface area contributed by atoms with Gasteiger partial charge in [0.1, 0.15) is 5.82 Å². The lowest BCUT2D eigenvalue weighted by Gasteiger charge is -2.21. The van der Waals surface area contributed by atoms with E-state index in [0.717, 1.165) is 29.6 Å². The highest BCUT2D eigenvalue weighted by atomic mass is 15.3. The molecule has 0 aromatic carbocycles. The maximum absolute atomic E-state index is 5.59. The molecule has 0 amide bonds. The van der Waals surface area contributed by atoms with E-state index in [9.17, 15) is 0 Å². The first-order valence-corrected chi connectivity index (χ1v) is 7.14. The van der Waals surface area contributed by atoms with Crippen LogP contribution in [0.2, 0.25) is 0 Å². The van der Waals surface area contributed by atoms with E-state index in [1.807, 2.05) is 18.3 Å². The molecule has 3 rings (SSSR count). The van der Waals surface area contributed by atoms with Crippen molar-refractivity contribution in [2.45, 2.75) is 38.6 Å². The average molecular weight is 259 g/mol. The molecule has 0 unspecified atom stereocenters. The van der Waals surface area contributed by atoms with Crippen LogP contribution < -0.4 is 11.1 Å². The minimum Gasteiger partial charge on any atom is -0.368 e. The molecule has 0 bridgehead atoms. The molecule has 19 heavy (non-hydrogen) atoms. The lowest BCUT2D eigenvalue weighted by atomic mass is 9.89. The Labute approximate surface area is 113 Å². The van der Waals surface area contributed by atoms with Gasteiger partial charge >= 0.3 is 0 Å². The fourth-order valence-electron chi connectivity index (χ4n) is 2.76. The Bertz CT molecular complexity index is 542. The molecule has 5 heteroatoms. The first-order chi connectivity index (χ1) is 9.35. The summed E-state index contributed by atoms with van der Waals surface area (Å²) in [5.41, 5.74) is 7.31. The zero-order valence-corrected chi connectivity index (χ0v) is 11.2. The van der Waals surface area contributed by atoms with Gasteiger partial charge in [-0.25, -0.2) is 9.50 Å². The number of nitrogens with one attached hydrogen (secondary N) is 1. The number of rotatable bonds is 4. The van der Waals surface area contributed by atoms with Crippen LogP contribution in [-0.2, 0) is 6.54 Å². The minimum atomic E-state index is 0.453. The van der Waals surface area contributed by atoms with Gasteiger partial charge < -0.3 is 11.1 Å². The van der Waals surface area contributed by atoms with Crippen molar-refractivity contribution in [2.75, 3.05) is 11.9 Å². The van der Waals surface area contributed by atoms with Crippen molar-refractivity contribution in [1.82, 2.24) is 14.6 Å². The highest BCUT2D eigenvalue weighted by Crippen LogP contribution is 2.23. The van der Waals surface area contributed by atoms with Gasteiger partial charge in [-0.2, -0.15) is 0 Å². The third-order valence-electron chi connectivity index (χ3n) is 3.88. The number of hydrogen-bond donors (Lipinski definition) is 2. The number of fused-ring (bicyclic) bond motifs is 1. The Morgan fingerprint density at radius 1 is 1.26 bits per heavy atom. The van der Waals surface area contributed by atoms with Gasteiger partial charge in [-0.15, -0.1) is 5.10 Å². The Morgan fingerprint density at radius 2 is 2.11 bits per heavy atom. The average Bonchev–Trinajstić information content (AvgIpc) is 2.88. The van der Waals surface area contributed by atoms with Gasteiger partial charge in [0.05, 0.1) is 11.9 Å². The second kappa shape index (κ2) is 5.57. The van der Waals surface area contributed by atoms with Crippen LogP contribution in [0.25, 0.3) is 5.65 Å². The standard InChI is InChI=1S/C14H21N5/c15-8-12-10-19-14(17-12)7-6-13(18-19)16-9-11-4-2-1-3-5-11/h6-7,10-11H,1-5,8-9,15H2,(H,16,18). The summed E-state index contributed by atoms with van der Waals surface area (Å²) in [7, 11) is 0. The maximum Gasteiger partial charge on any atom is 0.153 e. The predicted molar refractivity (Wildman–Crippen MR) is 75.9 cm³/mol. The lowest BCUT2D eigenvalue weighted by molar-refractivity contribution is 0.373. The molecule has 0 aliphatic heterocycles. The summed E-state index contributed by atoms with van der Waals surface area (Å²) in [6, 6.07) is 3.97. The largest absolute Gasteiger partial charge is 0.368 e. The van der Waals surface area contributed by atoms with E-state index >= 15 is 0 Å². The van der Waals surface area contributed by atoms with E-state index in [-0.39, 0.29) is 0 Å². The van der Waals surface area contributed by atoms with Gasteiger partial charge in [0, 0.05) is 13.1 Å².